The van der Waals surface area contributed by atoms with Crippen molar-refractivity contribution in [2.75, 3.05) is 25.0 Å². The standard InChI is InChI=1S/C24H26N4O4/c1-17-15-25-24(31)28(17)21-10-6-5-9-20(21)26-23(30)18-11-13-27(14-12-18)22(29)16-32-19-7-3-2-4-8-19/h2-10,15,18H,11-14,16H2,1H3,(H,25,31)(H,26,30). The van der Waals surface area contributed by atoms with E-state index < -0.39 is 0 Å². The number of benzene rings is 2. The molecule has 1 aliphatic heterocycles. The molecule has 0 bridgehead atoms. The summed E-state index contributed by atoms with van der Waals surface area (Å²) in [4.78, 5) is 41.9. The second kappa shape index (κ2) is 9.55. The highest BCUT2D eigenvalue weighted by Crippen LogP contribution is 2.24. The number of imidazole rings is 1. The Morgan fingerprint density at radius 1 is 1.06 bits per heavy atom. The maximum atomic E-state index is 12.9. The van der Waals surface area contributed by atoms with E-state index in [1.807, 2.05) is 49.4 Å². The highest BCUT2D eigenvalue weighted by Gasteiger charge is 2.28. The van der Waals surface area contributed by atoms with Crippen molar-refractivity contribution in [3.8, 4) is 11.4 Å². The summed E-state index contributed by atoms with van der Waals surface area (Å²) in [5.41, 5.74) is 1.70. The molecule has 0 atom stereocenters. The quantitative estimate of drug-likeness (QED) is 0.624. The number of ether oxygens (including phenoxy) is 1. The van der Waals surface area contributed by atoms with Gasteiger partial charge in [0, 0.05) is 30.9 Å². The number of likely N-dealkylation sites (tertiary alicyclic amines) is 1. The topological polar surface area (TPSA) is 96.4 Å². The van der Waals surface area contributed by atoms with Crippen LogP contribution in [0.3, 0.4) is 0 Å². The molecule has 0 spiro atoms. The van der Waals surface area contributed by atoms with Gasteiger partial charge >= 0.3 is 5.69 Å². The second-order valence-electron chi connectivity index (χ2n) is 7.83. The minimum absolute atomic E-state index is 0.0149. The molecular weight excluding hydrogens is 408 g/mol. The monoisotopic (exact) mass is 434 g/mol. The van der Waals surface area contributed by atoms with Crippen LogP contribution in [0.15, 0.2) is 65.6 Å². The average Bonchev–Trinajstić information content (AvgIpc) is 3.16. The van der Waals surface area contributed by atoms with Gasteiger partial charge in [-0.3, -0.25) is 14.2 Å². The zero-order valence-electron chi connectivity index (χ0n) is 17.9. The largest absolute Gasteiger partial charge is 0.484 e. The summed E-state index contributed by atoms with van der Waals surface area (Å²) >= 11 is 0. The highest BCUT2D eigenvalue weighted by atomic mass is 16.5. The molecule has 3 aromatic rings. The number of H-pyrrole nitrogens is 1. The van der Waals surface area contributed by atoms with Gasteiger partial charge in [0.15, 0.2) is 6.61 Å². The van der Waals surface area contributed by atoms with Gasteiger partial charge in [-0.1, -0.05) is 30.3 Å². The summed E-state index contributed by atoms with van der Waals surface area (Å²) in [7, 11) is 0. The van der Waals surface area contributed by atoms with E-state index in [0.29, 0.717) is 43.1 Å². The number of nitrogens with one attached hydrogen (secondary N) is 2. The zero-order valence-corrected chi connectivity index (χ0v) is 17.9. The maximum Gasteiger partial charge on any atom is 0.330 e. The molecule has 8 nitrogen and oxygen atoms in total. The number of nitrogens with zero attached hydrogens (tertiary/aromatic N) is 2. The van der Waals surface area contributed by atoms with Crippen LogP contribution in [0, 0.1) is 12.8 Å². The molecule has 32 heavy (non-hydrogen) atoms. The van der Waals surface area contributed by atoms with Gasteiger partial charge in [-0.25, -0.2) is 4.79 Å². The van der Waals surface area contributed by atoms with Crippen LogP contribution >= 0.6 is 0 Å². The fraction of sp³-hybridized carbons (Fsp3) is 0.292. The Morgan fingerprint density at radius 2 is 1.75 bits per heavy atom. The average molecular weight is 434 g/mol. The maximum absolute atomic E-state index is 12.9. The fourth-order valence-corrected chi connectivity index (χ4v) is 3.91. The van der Waals surface area contributed by atoms with Gasteiger partial charge in [0.25, 0.3) is 5.91 Å². The summed E-state index contributed by atoms with van der Waals surface area (Å²) in [6.07, 6.45) is 2.79. The van der Waals surface area contributed by atoms with Crippen LogP contribution in [0.25, 0.3) is 5.69 Å². The minimum Gasteiger partial charge on any atom is -0.484 e. The number of rotatable bonds is 6. The number of hydrogen-bond acceptors (Lipinski definition) is 4. The molecule has 2 heterocycles. The van der Waals surface area contributed by atoms with Gasteiger partial charge in [-0.15, -0.1) is 0 Å². The van der Waals surface area contributed by atoms with Crippen molar-refractivity contribution in [2.45, 2.75) is 19.8 Å². The van der Waals surface area contributed by atoms with Crippen LogP contribution in [0.5, 0.6) is 5.75 Å². The summed E-state index contributed by atoms with van der Waals surface area (Å²) in [5, 5.41) is 2.97. The number of anilines is 1. The molecule has 0 radical (unpaired) electrons. The summed E-state index contributed by atoms with van der Waals surface area (Å²) < 4.78 is 7.07. The smallest absolute Gasteiger partial charge is 0.330 e. The lowest BCUT2D eigenvalue weighted by atomic mass is 9.95. The molecule has 2 aromatic carbocycles. The third-order valence-electron chi connectivity index (χ3n) is 5.69. The number of aromatic amines is 1. The van der Waals surface area contributed by atoms with E-state index in [2.05, 4.69) is 10.3 Å². The first-order valence-electron chi connectivity index (χ1n) is 10.7. The van der Waals surface area contributed by atoms with Crippen LogP contribution < -0.4 is 15.7 Å². The van der Waals surface area contributed by atoms with E-state index in [4.69, 9.17) is 4.74 Å². The van der Waals surface area contributed by atoms with Crippen molar-refractivity contribution < 1.29 is 14.3 Å². The molecule has 4 rings (SSSR count). The molecule has 2 amide bonds. The molecule has 0 unspecified atom stereocenters. The van der Waals surface area contributed by atoms with E-state index in [1.54, 1.807) is 23.2 Å². The number of carbonyl (C=O) groups excluding carboxylic acids is 2. The number of amides is 2. The molecule has 0 saturated carbocycles. The molecule has 8 heteroatoms. The number of carbonyl (C=O) groups is 2. The van der Waals surface area contributed by atoms with Gasteiger partial charge in [-0.2, -0.15) is 0 Å². The molecule has 1 aromatic heterocycles. The van der Waals surface area contributed by atoms with E-state index >= 15 is 0 Å². The fourth-order valence-electron chi connectivity index (χ4n) is 3.91. The Labute approximate surface area is 185 Å². The Bertz CT molecular complexity index is 1140. The molecule has 0 aliphatic carbocycles. The SMILES string of the molecule is Cc1c[nH]c(=O)n1-c1ccccc1NC(=O)C1CCN(C(=O)COc2ccccc2)CC1. The number of hydrogen-bond donors (Lipinski definition) is 2. The Hall–Kier alpha value is -3.81. The van der Waals surface area contributed by atoms with Gasteiger partial charge in [0.2, 0.25) is 5.91 Å². The molecule has 1 aliphatic rings. The van der Waals surface area contributed by atoms with E-state index in [-0.39, 0.29) is 30.0 Å². The van der Waals surface area contributed by atoms with E-state index in [0.717, 1.165) is 5.69 Å². The number of aromatic nitrogens is 2. The molecule has 1 saturated heterocycles. The molecular formula is C24H26N4O4. The Balaban J connectivity index is 1.34. The predicted octanol–water partition coefficient (Wildman–Crippen LogP) is 2.73. The molecule has 166 valence electrons. The van der Waals surface area contributed by atoms with Crippen molar-refractivity contribution in [2.24, 2.45) is 5.92 Å². The van der Waals surface area contributed by atoms with Gasteiger partial charge in [-0.05, 0) is 44.0 Å². The number of para-hydroxylation sites is 3. The van der Waals surface area contributed by atoms with E-state index in [9.17, 15) is 14.4 Å². The third kappa shape index (κ3) is 4.74. The highest BCUT2D eigenvalue weighted by molar-refractivity contribution is 5.94. The first-order valence-corrected chi connectivity index (χ1v) is 10.7. The summed E-state index contributed by atoms with van der Waals surface area (Å²) in [5.74, 6) is 0.267. The van der Waals surface area contributed by atoms with Crippen LogP contribution in [0.2, 0.25) is 0 Å². The molecule has 1 fully saturated rings. The van der Waals surface area contributed by atoms with Crippen LogP contribution in [0.4, 0.5) is 5.69 Å². The van der Waals surface area contributed by atoms with Crippen molar-refractivity contribution in [1.82, 2.24) is 14.5 Å². The van der Waals surface area contributed by atoms with Crippen molar-refractivity contribution >= 4 is 17.5 Å². The second-order valence-corrected chi connectivity index (χ2v) is 7.83. The molecule has 2 N–H and O–H groups in total. The van der Waals surface area contributed by atoms with Crippen molar-refractivity contribution in [3.63, 3.8) is 0 Å². The lowest BCUT2D eigenvalue weighted by Gasteiger charge is -2.31. The summed E-state index contributed by atoms with van der Waals surface area (Å²) in [6, 6.07) is 16.4. The third-order valence-corrected chi connectivity index (χ3v) is 5.69. The van der Waals surface area contributed by atoms with Gasteiger partial charge in [0.1, 0.15) is 5.75 Å². The van der Waals surface area contributed by atoms with Crippen LogP contribution in [-0.2, 0) is 9.59 Å². The zero-order chi connectivity index (χ0) is 22.5. The predicted molar refractivity (Wildman–Crippen MR) is 121 cm³/mol. The Morgan fingerprint density at radius 3 is 2.44 bits per heavy atom. The first kappa shape index (κ1) is 21.4. The van der Waals surface area contributed by atoms with Gasteiger partial charge < -0.3 is 19.9 Å². The normalized spacial score (nSPS) is 14.2. The lowest BCUT2D eigenvalue weighted by Crippen LogP contribution is -2.43. The van der Waals surface area contributed by atoms with Crippen LogP contribution in [-0.4, -0.2) is 46.0 Å². The minimum atomic E-state index is -0.256. The van der Waals surface area contributed by atoms with E-state index in [1.165, 1.54) is 4.57 Å². The van der Waals surface area contributed by atoms with Crippen LogP contribution in [0.1, 0.15) is 18.5 Å². The Kier molecular flexibility index (Phi) is 6.39. The van der Waals surface area contributed by atoms with Crippen molar-refractivity contribution in [3.05, 3.63) is 77.0 Å². The van der Waals surface area contributed by atoms with Crippen molar-refractivity contribution in [1.29, 1.82) is 0 Å². The lowest BCUT2D eigenvalue weighted by molar-refractivity contribution is -0.136. The summed E-state index contributed by atoms with van der Waals surface area (Å²) in [6.45, 7) is 2.82. The number of aryl methyl sites for hydroxylation is 1. The first-order chi connectivity index (χ1) is 15.5. The van der Waals surface area contributed by atoms with Gasteiger partial charge in [0.05, 0.1) is 11.4 Å². The number of piperidine rings is 1.